The van der Waals surface area contributed by atoms with Crippen molar-refractivity contribution < 1.29 is 27.4 Å². The van der Waals surface area contributed by atoms with Crippen molar-refractivity contribution in [1.82, 2.24) is 4.90 Å². The molecule has 2 aromatic rings. The molecule has 3 rings (SSSR count). The number of carbonyl (C=O) groups is 1. The van der Waals surface area contributed by atoms with Crippen molar-refractivity contribution in [3.8, 4) is 16.2 Å². The summed E-state index contributed by atoms with van der Waals surface area (Å²) in [4.78, 5) is 15.1. The van der Waals surface area contributed by atoms with E-state index in [2.05, 4.69) is 4.74 Å². The van der Waals surface area contributed by atoms with Crippen molar-refractivity contribution in [2.45, 2.75) is 26.1 Å². The van der Waals surface area contributed by atoms with Crippen LogP contribution in [0.1, 0.15) is 23.5 Å². The van der Waals surface area contributed by atoms with Crippen molar-refractivity contribution in [3.63, 3.8) is 0 Å². The second-order valence-electron chi connectivity index (χ2n) is 6.20. The first kappa shape index (κ1) is 18.7. The summed E-state index contributed by atoms with van der Waals surface area (Å²) in [6.45, 7) is 4.70. The van der Waals surface area contributed by atoms with E-state index in [-0.39, 0.29) is 23.7 Å². The zero-order valence-corrected chi connectivity index (χ0v) is 15.3. The minimum absolute atomic E-state index is 0.0740. The van der Waals surface area contributed by atoms with Gasteiger partial charge in [0.05, 0.1) is 24.2 Å². The SMILES string of the molecule is COc1c(F)c(F)cc(-c2ccc(C(=O)N3C[C@@H](C)O[C@@H](C)C3)s2)c1F. The third-order valence-corrected chi connectivity index (χ3v) is 5.22. The highest BCUT2D eigenvalue weighted by Crippen LogP contribution is 2.37. The van der Waals surface area contributed by atoms with E-state index in [1.165, 1.54) is 6.07 Å². The van der Waals surface area contributed by atoms with Gasteiger partial charge in [0, 0.05) is 23.5 Å². The van der Waals surface area contributed by atoms with Gasteiger partial charge in [-0.1, -0.05) is 0 Å². The number of rotatable bonds is 3. The molecule has 0 spiro atoms. The van der Waals surface area contributed by atoms with Crippen LogP contribution in [0, 0.1) is 17.5 Å². The van der Waals surface area contributed by atoms with Crippen molar-refractivity contribution >= 4 is 17.2 Å². The van der Waals surface area contributed by atoms with Crippen molar-refractivity contribution in [1.29, 1.82) is 0 Å². The highest BCUT2D eigenvalue weighted by atomic mass is 32.1. The van der Waals surface area contributed by atoms with Crippen LogP contribution in [0.25, 0.3) is 10.4 Å². The minimum Gasteiger partial charge on any atom is -0.491 e. The van der Waals surface area contributed by atoms with E-state index in [1.807, 2.05) is 13.8 Å². The number of carbonyl (C=O) groups excluding carboxylic acids is 1. The van der Waals surface area contributed by atoms with Gasteiger partial charge in [-0.2, -0.15) is 4.39 Å². The second kappa shape index (κ2) is 7.28. The minimum atomic E-state index is -1.38. The fraction of sp³-hybridized carbons (Fsp3) is 0.389. The highest BCUT2D eigenvalue weighted by molar-refractivity contribution is 7.17. The molecule has 2 heterocycles. The number of nitrogens with zero attached hydrogens (tertiary/aromatic N) is 1. The van der Waals surface area contributed by atoms with Crippen molar-refractivity contribution in [3.05, 3.63) is 40.5 Å². The fourth-order valence-corrected chi connectivity index (χ4v) is 4.02. The number of morpholine rings is 1. The molecule has 0 N–H and O–H groups in total. The Hall–Kier alpha value is -2.06. The predicted molar refractivity (Wildman–Crippen MR) is 92.1 cm³/mol. The Morgan fingerprint density at radius 3 is 2.46 bits per heavy atom. The molecule has 0 radical (unpaired) electrons. The standard InChI is InChI=1S/C18H18F3NO3S/c1-9-7-22(8-10(2)25-9)18(23)14-5-4-13(26-14)11-6-12(19)16(21)17(24-3)15(11)20/h4-6,9-10H,7-8H2,1-3H3/t9-,10+. The summed E-state index contributed by atoms with van der Waals surface area (Å²) >= 11 is 1.02. The highest BCUT2D eigenvalue weighted by Gasteiger charge is 2.28. The average molecular weight is 385 g/mol. The molecule has 1 aliphatic rings. The first-order valence-corrected chi connectivity index (χ1v) is 8.89. The third kappa shape index (κ3) is 3.43. The molecule has 140 valence electrons. The monoisotopic (exact) mass is 385 g/mol. The largest absolute Gasteiger partial charge is 0.491 e. The Balaban J connectivity index is 1.91. The van der Waals surface area contributed by atoms with E-state index in [4.69, 9.17) is 4.74 Å². The van der Waals surface area contributed by atoms with Crippen LogP contribution in [-0.2, 0) is 4.74 Å². The van der Waals surface area contributed by atoms with Crippen LogP contribution in [0.4, 0.5) is 13.2 Å². The number of hydrogen-bond acceptors (Lipinski definition) is 4. The fourth-order valence-electron chi connectivity index (χ4n) is 3.04. The normalized spacial score (nSPS) is 20.3. The van der Waals surface area contributed by atoms with Crippen LogP contribution < -0.4 is 4.74 Å². The summed E-state index contributed by atoms with van der Waals surface area (Å²) in [5.74, 6) is -4.57. The zero-order valence-electron chi connectivity index (χ0n) is 14.5. The summed E-state index contributed by atoms with van der Waals surface area (Å²) in [6.07, 6.45) is -0.148. The van der Waals surface area contributed by atoms with Gasteiger partial charge in [-0.25, -0.2) is 8.78 Å². The summed E-state index contributed by atoms with van der Waals surface area (Å²) in [6, 6.07) is 3.84. The number of thiophene rings is 1. The number of methoxy groups -OCH3 is 1. The summed E-state index contributed by atoms with van der Waals surface area (Å²) in [5, 5.41) is 0. The number of amides is 1. The lowest BCUT2D eigenvalue weighted by molar-refractivity contribution is -0.0585. The molecular weight excluding hydrogens is 367 g/mol. The molecule has 4 nitrogen and oxygen atoms in total. The molecule has 26 heavy (non-hydrogen) atoms. The molecule has 1 aromatic heterocycles. The van der Waals surface area contributed by atoms with Crippen LogP contribution in [0.5, 0.6) is 5.75 Å². The van der Waals surface area contributed by atoms with E-state index in [9.17, 15) is 18.0 Å². The summed E-state index contributed by atoms with van der Waals surface area (Å²) < 4.78 is 52.0. The van der Waals surface area contributed by atoms with Gasteiger partial charge in [-0.15, -0.1) is 11.3 Å². The van der Waals surface area contributed by atoms with E-state index in [0.29, 0.717) is 22.8 Å². The van der Waals surface area contributed by atoms with Crippen molar-refractivity contribution in [2.24, 2.45) is 0 Å². The van der Waals surface area contributed by atoms with Crippen molar-refractivity contribution in [2.75, 3.05) is 20.2 Å². The lowest BCUT2D eigenvalue weighted by atomic mass is 10.1. The number of ether oxygens (including phenoxy) is 2. The number of halogens is 3. The summed E-state index contributed by atoms with van der Waals surface area (Å²) in [5.41, 5.74) is -0.145. The van der Waals surface area contributed by atoms with E-state index in [1.54, 1.807) is 11.0 Å². The molecule has 1 fully saturated rings. The van der Waals surface area contributed by atoms with Crippen LogP contribution in [0.3, 0.4) is 0 Å². The van der Waals surface area contributed by atoms with Gasteiger partial charge in [-0.3, -0.25) is 4.79 Å². The Labute approximate surface area is 153 Å². The molecule has 0 aliphatic carbocycles. The second-order valence-corrected chi connectivity index (χ2v) is 7.28. The number of benzene rings is 1. The first-order chi connectivity index (χ1) is 12.3. The molecule has 1 saturated heterocycles. The third-order valence-electron chi connectivity index (χ3n) is 4.11. The Morgan fingerprint density at radius 2 is 1.85 bits per heavy atom. The van der Waals surface area contributed by atoms with Crippen LogP contribution >= 0.6 is 11.3 Å². The molecule has 1 aliphatic heterocycles. The average Bonchev–Trinajstić information content (AvgIpc) is 3.07. The Kier molecular flexibility index (Phi) is 5.24. The van der Waals surface area contributed by atoms with Gasteiger partial charge in [0.2, 0.25) is 5.82 Å². The molecule has 2 atom stereocenters. The molecule has 0 unspecified atom stereocenters. The maximum absolute atomic E-state index is 14.4. The predicted octanol–water partition coefficient (Wildman–Crippen LogP) is 4.09. The first-order valence-electron chi connectivity index (χ1n) is 8.08. The van der Waals surface area contributed by atoms with Gasteiger partial charge >= 0.3 is 0 Å². The quantitative estimate of drug-likeness (QED) is 0.747. The molecule has 1 amide bonds. The van der Waals surface area contributed by atoms with E-state index < -0.39 is 23.2 Å². The molecule has 1 aromatic carbocycles. The van der Waals surface area contributed by atoms with Gasteiger partial charge in [-0.05, 0) is 32.0 Å². The molecule has 0 bridgehead atoms. The Morgan fingerprint density at radius 1 is 1.19 bits per heavy atom. The zero-order chi connectivity index (χ0) is 19.0. The van der Waals surface area contributed by atoms with Crippen LogP contribution in [-0.4, -0.2) is 43.2 Å². The van der Waals surface area contributed by atoms with Crippen LogP contribution in [0.2, 0.25) is 0 Å². The lowest BCUT2D eigenvalue weighted by Gasteiger charge is -2.35. The Bertz CT molecular complexity index is 829. The topological polar surface area (TPSA) is 38.8 Å². The maximum Gasteiger partial charge on any atom is 0.264 e. The molecule has 8 heteroatoms. The lowest BCUT2D eigenvalue weighted by Crippen LogP contribution is -2.48. The molecule has 0 saturated carbocycles. The smallest absolute Gasteiger partial charge is 0.264 e. The number of hydrogen-bond donors (Lipinski definition) is 0. The maximum atomic E-state index is 14.4. The van der Waals surface area contributed by atoms with E-state index in [0.717, 1.165) is 24.5 Å². The van der Waals surface area contributed by atoms with E-state index >= 15 is 0 Å². The van der Waals surface area contributed by atoms with Gasteiger partial charge in [0.15, 0.2) is 17.4 Å². The summed E-state index contributed by atoms with van der Waals surface area (Å²) in [7, 11) is 1.06. The van der Waals surface area contributed by atoms with Gasteiger partial charge < -0.3 is 14.4 Å². The van der Waals surface area contributed by atoms with Gasteiger partial charge in [0.25, 0.3) is 5.91 Å². The molecular formula is C18H18F3NO3S. The van der Waals surface area contributed by atoms with Gasteiger partial charge in [0.1, 0.15) is 0 Å². The van der Waals surface area contributed by atoms with Crippen LogP contribution in [0.15, 0.2) is 18.2 Å².